The van der Waals surface area contributed by atoms with Crippen molar-refractivity contribution in [3.8, 4) is 11.4 Å². The Balaban J connectivity index is 1.60. The van der Waals surface area contributed by atoms with E-state index in [2.05, 4.69) is 35.1 Å². The zero-order chi connectivity index (χ0) is 23.6. The van der Waals surface area contributed by atoms with Crippen LogP contribution in [-0.4, -0.2) is 65.7 Å². The van der Waals surface area contributed by atoms with E-state index >= 15 is 0 Å². The number of aromatic amines is 1. The molecule has 0 bridgehead atoms. The van der Waals surface area contributed by atoms with Gasteiger partial charge in [-0.3, -0.25) is 9.82 Å². The molecule has 1 aromatic carbocycles. The summed E-state index contributed by atoms with van der Waals surface area (Å²) in [4.78, 5) is 15.4. The van der Waals surface area contributed by atoms with Gasteiger partial charge in [-0.05, 0) is 69.9 Å². The van der Waals surface area contributed by atoms with Crippen LogP contribution in [0.25, 0.3) is 22.4 Å². The molecule has 0 amide bonds. The molecule has 4 aromatic rings. The van der Waals surface area contributed by atoms with Gasteiger partial charge >= 0.3 is 0 Å². The van der Waals surface area contributed by atoms with E-state index in [-0.39, 0.29) is 5.03 Å². The van der Waals surface area contributed by atoms with Crippen molar-refractivity contribution in [2.24, 2.45) is 0 Å². The minimum atomic E-state index is -3.78. The topological polar surface area (TPSA) is 129 Å². The highest BCUT2D eigenvalue weighted by Crippen LogP contribution is 2.27. The maximum absolute atomic E-state index is 12.6. The lowest BCUT2D eigenvalue weighted by atomic mass is 10.2. The maximum Gasteiger partial charge on any atom is 0.279 e. The fraction of sp³-hybridized carbons (Fsp3) is 0.273. The largest absolute Gasteiger partial charge is 0.368 e. The lowest BCUT2D eigenvalue weighted by Crippen LogP contribution is -2.21. The fourth-order valence-corrected chi connectivity index (χ4v) is 4.37. The van der Waals surface area contributed by atoms with Gasteiger partial charge in [-0.15, -0.1) is 0 Å². The van der Waals surface area contributed by atoms with Crippen molar-refractivity contribution < 1.29 is 8.42 Å². The van der Waals surface area contributed by atoms with Gasteiger partial charge in [0.2, 0.25) is 0 Å². The highest BCUT2D eigenvalue weighted by Gasteiger charge is 2.17. The predicted molar refractivity (Wildman–Crippen MR) is 129 cm³/mol. The van der Waals surface area contributed by atoms with Crippen LogP contribution in [0.15, 0.2) is 47.6 Å². The van der Waals surface area contributed by atoms with Gasteiger partial charge in [0, 0.05) is 30.5 Å². The number of sulfonamides is 1. The van der Waals surface area contributed by atoms with Crippen molar-refractivity contribution in [2.45, 2.75) is 18.9 Å². The molecule has 0 saturated carbocycles. The minimum Gasteiger partial charge on any atom is -0.368 e. The van der Waals surface area contributed by atoms with E-state index in [0.29, 0.717) is 23.0 Å². The van der Waals surface area contributed by atoms with E-state index in [4.69, 9.17) is 4.98 Å². The number of hydrogen-bond donors (Lipinski definition) is 3. The monoisotopic (exact) mass is 466 g/mol. The number of nitrogens with zero attached hydrogens (tertiary/aromatic N) is 5. The maximum atomic E-state index is 12.6. The molecule has 0 unspecified atom stereocenters. The normalized spacial score (nSPS) is 11.8. The molecular formula is C22H26N8O2S. The SMILES string of the molecule is Cc1ccnc(S(=O)(=O)Nc2ccc(-c3nc(NCCN(C)C)c4c(C)n[nH]c4n3)cc2)c1. The standard InChI is InChI=1S/C22H26N8O2S/c1-14-9-10-23-18(13-14)33(31,32)29-17-7-5-16(6-8-17)20-25-21(24-11-12-30(3)4)19-15(2)27-28-22(19)26-20/h5-10,13,29H,11-12H2,1-4H3,(H2,24,25,26,27,28). The highest BCUT2D eigenvalue weighted by atomic mass is 32.2. The molecule has 0 aliphatic rings. The first-order valence-electron chi connectivity index (χ1n) is 10.4. The Morgan fingerprint density at radius 3 is 2.52 bits per heavy atom. The fourth-order valence-electron chi connectivity index (χ4n) is 3.28. The first-order chi connectivity index (χ1) is 15.7. The number of aryl methyl sites for hydroxylation is 2. The molecule has 3 heterocycles. The van der Waals surface area contributed by atoms with Crippen LogP contribution < -0.4 is 10.0 Å². The van der Waals surface area contributed by atoms with Crippen LogP contribution in [0.4, 0.5) is 11.5 Å². The number of hydrogen-bond acceptors (Lipinski definition) is 8. The number of aromatic nitrogens is 5. The number of nitrogens with one attached hydrogen (secondary N) is 3. The molecule has 0 aliphatic carbocycles. The Hall–Kier alpha value is -3.57. The van der Waals surface area contributed by atoms with E-state index in [1.54, 1.807) is 30.3 Å². The molecule has 0 aliphatic heterocycles. The van der Waals surface area contributed by atoms with Crippen molar-refractivity contribution in [1.82, 2.24) is 30.0 Å². The third kappa shape index (κ3) is 5.10. The summed E-state index contributed by atoms with van der Waals surface area (Å²) in [5, 5.41) is 11.4. The number of likely N-dealkylation sites (N-methyl/N-ethyl adjacent to an activating group) is 1. The Labute approximate surface area is 192 Å². The third-order valence-electron chi connectivity index (χ3n) is 5.01. The zero-order valence-corrected chi connectivity index (χ0v) is 19.7. The lowest BCUT2D eigenvalue weighted by molar-refractivity contribution is 0.425. The number of benzene rings is 1. The van der Waals surface area contributed by atoms with Crippen LogP contribution in [0.2, 0.25) is 0 Å². The molecule has 3 aromatic heterocycles. The predicted octanol–water partition coefficient (Wildman–Crippen LogP) is 2.81. The minimum absolute atomic E-state index is 0.0246. The number of anilines is 2. The molecule has 0 fully saturated rings. The van der Waals surface area contributed by atoms with E-state index in [1.807, 2.05) is 27.9 Å². The van der Waals surface area contributed by atoms with Crippen LogP contribution in [-0.2, 0) is 10.0 Å². The van der Waals surface area contributed by atoms with Crippen molar-refractivity contribution in [3.05, 3.63) is 53.9 Å². The van der Waals surface area contributed by atoms with Crippen molar-refractivity contribution >= 4 is 32.6 Å². The van der Waals surface area contributed by atoms with Gasteiger partial charge < -0.3 is 10.2 Å². The van der Waals surface area contributed by atoms with E-state index < -0.39 is 10.0 Å². The van der Waals surface area contributed by atoms with Crippen molar-refractivity contribution in [3.63, 3.8) is 0 Å². The summed E-state index contributed by atoms with van der Waals surface area (Å²) in [7, 11) is 0.238. The van der Waals surface area contributed by atoms with Gasteiger partial charge in [0.1, 0.15) is 5.82 Å². The summed E-state index contributed by atoms with van der Waals surface area (Å²) < 4.78 is 27.8. The average molecular weight is 467 g/mol. The van der Waals surface area contributed by atoms with Crippen molar-refractivity contribution in [1.29, 1.82) is 0 Å². The first-order valence-corrected chi connectivity index (χ1v) is 11.9. The molecule has 11 heteroatoms. The van der Waals surface area contributed by atoms with Crippen LogP contribution in [0, 0.1) is 13.8 Å². The van der Waals surface area contributed by atoms with Crippen molar-refractivity contribution in [2.75, 3.05) is 37.2 Å². The zero-order valence-electron chi connectivity index (χ0n) is 18.9. The summed E-state index contributed by atoms with van der Waals surface area (Å²) in [6.07, 6.45) is 1.47. The molecule has 3 N–H and O–H groups in total. The van der Waals surface area contributed by atoms with E-state index in [9.17, 15) is 8.42 Å². The molecule has 33 heavy (non-hydrogen) atoms. The quantitative estimate of drug-likeness (QED) is 0.362. The van der Waals surface area contributed by atoms with Crippen LogP contribution in [0.5, 0.6) is 0 Å². The smallest absolute Gasteiger partial charge is 0.279 e. The van der Waals surface area contributed by atoms with Gasteiger partial charge in [0.15, 0.2) is 16.5 Å². The number of pyridine rings is 1. The second-order valence-corrected chi connectivity index (χ2v) is 9.64. The van der Waals surface area contributed by atoms with Crippen LogP contribution in [0.3, 0.4) is 0 Å². The molecule has 0 spiro atoms. The van der Waals surface area contributed by atoms with Gasteiger partial charge in [-0.2, -0.15) is 13.5 Å². The summed E-state index contributed by atoms with van der Waals surface area (Å²) >= 11 is 0. The van der Waals surface area contributed by atoms with Crippen LogP contribution in [0.1, 0.15) is 11.3 Å². The van der Waals surface area contributed by atoms with Gasteiger partial charge in [-0.25, -0.2) is 15.0 Å². The van der Waals surface area contributed by atoms with Gasteiger partial charge in [0.05, 0.1) is 11.1 Å². The number of fused-ring (bicyclic) bond motifs is 1. The molecule has 10 nitrogen and oxygen atoms in total. The lowest BCUT2D eigenvalue weighted by Gasteiger charge is -2.13. The summed E-state index contributed by atoms with van der Waals surface area (Å²) in [6, 6.07) is 10.2. The Bertz CT molecular complexity index is 1380. The first kappa shape index (κ1) is 22.6. The second-order valence-electron chi connectivity index (χ2n) is 8.01. The molecule has 0 saturated heterocycles. The Kier molecular flexibility index (Phi) is 6.25. The molecule has 172 valence electrons. The number of rotatable bonds is 8. The molecule has 0 atom stereocenters. The molecule has 4 rings (SSSR count). The Morgan fingerprint density at radius 2 is 1.82 bits per heavy atom. The highest BCUT2D eigenvalue weighted by molar-refractivity contribution is 7.92. The number of H-pyrrole nitrogens is 1. The van der Waals surface area contributed by atoms with E-state index in [0.717, 1.165) is 35.3 Å². The van der Waals surface area contributed by atoms with E-state index in [1.165, 1.54) is 12.3 Å². The third-order valence-corrected chi connectivity index (χ3v) is 6.29. The molecular weight excluding hydrogens is 440 g/mol. The summed E-state index contributed by atoms with van der Waals surface area (Å²) in [5.74, 6) is 1.21. The van der Waals surface area contributed by atoms with Gasteiger partial charge in [-0.1, -0.05) is 0 Å². The Morgan fingerprint density at radius 1 is 1.06 bits per heavy atom. The van der Waals surface area contributed by atoms with Crippen LogP contribution >= 0.6 is 0 Å². The second kappa shape index (κ2) is 9.12. The summed E-state index contributed by atoms with van der Waals surface area (Å²) in [6.45, 7) is 5.29. The summed E-state index contributed by atoms with van der Waals surface area (Å²) in [5.41, 5.74) is 3.44. The average Bonchev–Trinajstić information content (AvgIpc) is 3.14. The molecule has 0 radical (unpaired) electrons. The van der Waals surface area contributed by atoms with Gasteiger partial charge in [0.25, 0.3) is 10.0 Å².